The van der Waals surface area contributed by atoms with Crippen LogP contribution in [-0.4, -0.2) is 18.2 Å². The first-order chi connectivity index (χ1) is 7.02. The number of ether oxygens (including phenoxy) is 1. The lowest BCUT2D eigenvalue weighted by atomic mass is 10.1. The van der Waals surface area contributed by atoms with Crippen molar-refractivity contribution in [1.82, 2.24) is 0 Å². The van der Waals surface area contributed by atoms with Crippen LogP contribution in [0.3, 0.4) is 0 Å². The van der Waals surface area contributed by atoms with Gasteiger partial charge in [0.25, 0.3) is 0 Å². The van der Waals surface area contributed by atoms with Gasteiger partial charge in [-0.2, -0.15) is 0 Å². The standard InChI is InChI=1S/C10H8F2O3/c1-6(13)15-8-5-3-2-4-7(8)9(14)10(11)12/h2-5,10H,1H3. The van der Waals surface area contributed by atoms with Crippen molar-refractivity contribution in [2.45, 2.75) is 13.3 Å². The number of ketones is 1. The Hall–Kier alpha value is -1.78. The summed E-state index contributed by atoms with van der Waals surface area (Å²) in [5, 5.41) is 0. The highest BCUT2D eigenvalue weighted by Gasteiger charge is 2.21. The van der Waals surface area contributed by atoms with E-state index >= 15 is 0 Å². The molecule has 0 aliphatic rings. The molecule has 80 valence electrons. The molecule has 0 saturated carbocycles. The Labute approximate surface area is 84.7 Å². The molecule has 0 heterocycles. The third kappa shape index (κ3) is 2.83. The first-order valence-corrected chi connectivity index (χ1v) is 4.12. The van der Waals surface area contributed by atoms with Crippen molar-refractivity contribution in [2.24, 2.45) is 0 Å². The van der Waals surface area contributed by atoms with Gasteiger partial charge in [0, 0.05) is 6.92 Å². The summed E-state index contributed by atoms with van der Waals surface area (Å²) in [5.74, 6) is -2.16. The van der Waals surface area contributed by atoms with Crippen LogP contribution in [0.2, 0.25) is 0 Å². The number of hydrogen-bond acceptors (Lipinski definition) is 3. The van der Waals surface area contributed by atoms with Gasteiger partial charge in [-0.25, -0.2) is 8.78 Å². The zero-order valence-electron chi connectivity index (χ0n) is 7.87. The second-order valence-corrected chi connectivity index (χ2v) is 2.75. The molecule has 0 fully saturated rings. The van der Waals surface area contributed by atoms with E-state index in [0.29, 0.717) is 0 Å². The summed E-state index contributed by atoms with van der Waals surface area (Å²) in [4.78, 5) is 21.6. The molecule has 1 aromatic carbocycles. The van der Waals surface area contributed by atoms with Crippen LogP contribution in [0.15, 0.2) is 24.3 Å². The summed E-state index contributed by atoms with van der Waals surface area (Å²) >= 11 is 0. The lowest BCUT2D eigenvalue weighted by molar-refractivity contribution is -0.131. The Bertz CT molecular complexity index is 388. The van der Waals surface area contributed by atoms with Crippen LogP contribution in [0.1, 0.15) is 17.3 Å². The van der Waals surface area contributed by atoms with Gasteiger partial charge in [-0.1, -0.05) is 12.1 Å². The molecule has 15 heavy (non-hydrogen) atoms. The van der Waals surface area contributed by atoms with Gasteiger partial charge in [-0.3, -0.25) is 9.59 Å². The van der Waals surface area contributed by atoms with Crippen molar-refractivity contribution in [3.05, 3.63) is 29.8 Å². The van der Waals surface area contributed by atoms with Gasteiger partial charge in [0.1, 0.15) is 5.75 Å². The second kappa shape index (κ2) is 4.63. The van der Waals surface area contributed by atoms with E-state index in [9.17, 15) is 18.4 Å². The van der Waals surface area contributed by atoms with Gasteiger partial charge in [-0.05, 0) is 12.1 Å². The number of para-hydroxylation sites is 1. The van der Waals surface area contributed by atoms with Gasteiger partial charge in [0.05, 0.1) is 5.56 Å². The molecular weight excluding hydrogens is 206 g/mol. The fourth-order valence-corrected chi connectivity index (χ4v) is 1.03. The van der Waals surface area contributed by atoms with E-state index < -0.39 is 18.2 Å². The van der Waals surface area contributed by atoms with Gasteiger partial charge < -0.3 is 4.74 Å². The molecule has 0 N–H and O–H groups in total. The summed E-state index contributed by atoms with van der Waals surface area (Å²) in [6, 6.07) is 5.38. The first-order valence-electron chi connectivity index (χ1n) is 4.12. The molecule has 0 aromatic heterocycles. The van der Waals surface area contributed by atoms with Gasteiger partial charge >= 0.3 is 12.4 Å². The SMILES string of the molecule is CC(=O)Oc1ccccc1C(=O)C(F)F. The molecule has 0 aliphatic carbocycles. The quantitative estimate of drug-likeness (QED) is 0.439. The summed E-state index contributed by atoms with van der Waals surface area (Å²) in [5.41, 5.74) is -0.289. The fraction of sp³-hybridized carbons (Fsp3) is 0.200. The predicted molar refractivity (Wildman–Crippen MR) is 48.1 cm³/mol. The summed E-state index contributed by atoms with van der Waals surface area (Å²) in [6.07, 6.45) is -3.11. The normalized spacial score (nSPS) is 10.1. The molecular formula is C10H8F2O3. The number of carbonyl (C=O) groups is 2. The maximum Gasteiger partial charge on any atom is 0.308 e. The predicted octanol–water partition coefficient (Wildman–Crippen LogP) is 2.06. The van der Waals surface area contributed by atoms with Crippen molar-refractivity contribution in [3.8, 4) is 5.75 Å². The van der Waals surface area contributed by atoms with Gasteiger partial charge in [0.2, 0.25) is 5.78 Å². The lowest BCUT2D eigenvalue weighted by Crippen LogP contribution is -2.13. The Morgan fingerprint density at radius 3 is 2.40 bits per heavy atom. The molecule has 0 unspecified atom stereocenters. The zero-order chi connectivity index (χ0) is 11.4. The number of hydrogen-bond donors (Lipinski definition) is 0. The highest BCUT2D eigenvalue weighted by molar-refractivity contribution is 6.01. The van der Waals surface area contributed by atoms with E-state index in [0.717, 1.165) is 6.92 Å². The Kier molecular flexibility index (Phi) is 3.49. The van der Waals surface area contributed by atoms with Crippen LogP contribution in [0.25, 0.3) is 0 Å². The van der Waals surface area contributed by atoms with Gasteiger partial charge in [-0.15, -0.1) is 0 Å². The molecule has 0 amide bonds. The lowest BCUT2D eigenvalue weighted by Gasteiger charge is -2.06. The summed E-state index contributed by atoms with van der Waals surface area (Å²) in [7, 11) is 0. The van der Waals surface area contributed by atoms with E-state index in [2.05, 4.69) is 4.74 Å². The number of Topliss-reactive ketones (excluding diaryl/α,β-unsaturated/α-hetero) is 1. The van der Waals surface area contributed by atoms with Crippen molar-refractivity contribution in [1.29, 1.82) is 0 Å². The number of alkyl halides is 2. The smallest absolute Gasteiger partial charge is 0.308 e. The highest BCUT2D eigenvalue weighted by Crippen LogP contribution is 2.20. The molecule has 0 radical (unpaired) electrons. The van der Waals surface area contributed by atoms with Crippen LogP contribution >= 0.6 is 0 Å². The van der Waals surface area contributed by atoms with Crippen LogP contribution in [0.5, 0.6) is 5.75 Å². The molecule has 0 saturated heterocycles. The van der Waals surface area contributed by atoms with Crippen molar-refractivity contribution >= 4 is 11.8 Å². The average molecular weight is 214 g/mol. The third-order valence-corrected chi connectivity index (χ3v) is 1.60. The highest BCUT2D eigenvalue weighted by atomic mass is 19.3. The number of rotatable bonds is 3. The fourth-order valence-electron chi connectivity index (χ4n) is 1.03. The Balaban J connectivity index is 3.06. The molecule has 1 aromatic rings. The average Bonchev–Trinajstić information content (AvgIpc) is 2.16. The molecule has 0 aliphatic heterocycles. The van der Waals surface area contributed by atoms with Crippen LogP contribution in [0, 0.1) is 0 Å². The van der Waals surface area contributed by atoms with Crippen LogP contribution < -0.4 is 4.74 Å². The minimum absolute atomic E-state index is 0.143. The van der Waals surface area contributed by atoms with Gasteiger partial charge in [0.15, 0.2) is 0 Å². The molecule has 0 spiro atoms. The van der Waals surface area contributed by atoms with Crippen molar-refractivity contribution in [3.63, 3.8) is 0 Å². The molecule has 0 atom stereocenters. The van der Waals surface area contributed by atoms with E-state index in [1.165, 1.54) is 24.3 Å². The third-order valence-electron chi connectivity index (χ3n) is 1.60. The molecule has 3 nitrogen and oxygen atoms in total. The van der Waals surface area contributed by atoms with Crippen molar-refractivity contribution in [2.75, 3.05) is 0 Å². The van der Waals surface area contributed by atoms with Crippen LogP contribution in [-0.2, 0) is 4.79 Å². The molecule has 5 heteroatoms. The van der Waals surface area contributed by atoms with E-state index in [1.807, 2.05) is 0 Å². The zero-order valence-corrected chi connectivity index (χ0v) is 7.87. The van der Waals surface area contributed by atoms with E-state index in [1.54, 1.807) is 0 Å². The number of carbonyl (C=O) groups excluding carboxylic acids is 2. The molecule has 0 bridgehead atoms. The molecule has 1 rings (SSSR count). The summed E-state index contributed by atoms with van der Waals surface area (Å²) in [6.45, 7) is 1.13. The van der Waals surface area contributed by atoms with Crippen molar-refractivity contribution < 1.29 is 23.1 Å². The van der Waals surface area contributed by atoms with E-state index in [4.69, 9.17) is 0 Å². The minimum atomic E-state index is -3.11. The number of benzene rings is 1. The Morgan fingerprint density at radius 1 is 1.27 bits per heavy atom. The number of halogens is 2. The van der Waals surface area contributed by atoms with E-state index in [-0.39, 0.29) is 11.3 Å². The van der Waals surface area contributed by atoms with Crippen LogP contribution in [0.4, 0.5) is 8.78 Å². The largest absolute Gasteiger partial charge is 0.426 e. The topological polar surface area (TPSA) is 43.4 Å². The maximum absolute atomic E-state index is 12.1. The minimum Gasteiger partial charge on any atom is -0.426 e. The maximum atomic E-state index is 12.1. The number of esters is 1. The summed E-state index contributed by atoms with van der Waals surface area (Å²) < 4.78 is 28.9. The second-order valence-electron chi connectivity index (χ2n) is 2.75. The Morgan fingerprint density at radius 2 is 1.87 bits per heavy atom. The first kappa shape index (κ1) is 11.3. The monoisotopic (exact) mass is 214 g/mol.